The molecule has 276 valence electrons. The van der Waals surface area contributed by atoms with Crippen LogP contribution < -0.4 is 27.3 Å². The van der Waals surface area contributed by atoms with Gasteiger partial charge in [0.1, 0.15) is 61.6 Å². The molecule has 12 aromatic rings. The summed E-state index contributed by atoms with van der Waals surface area (Å²) < 4.78 is 15.1. The van der Waals surface area contributed by atoms with Gasteiger partial charge in [0.05, 0.1) is 11.0 Å². The highest BCUT2D eigenvalue weighted by Gasteiger charge is 2.22. The summed E-state index contributed by atoms with van der Waals surface area (Å²) in [4.78, 5) is 15.1. The first kappa shape index (κ1) is 36.4. The van der Waals surface area contributed by atoms with Crippen LogP contribution in [0.1, 0.15) is 0 Å². The number of furan rings is 2. The number of aromatic nitrogens is 4. The molecule has 0 spiro atoms. The van der Waals surface area contributed by atoms with Crippen LogP contribution in [0.3, 0.4) is 0 Å². The monoisotopic (exact) mass is 780 g/mol. The van der Waals surface area contributed by atoms with E-state index in [0.29, 0.717) is 39.5 Å². The predicted octanol–water partition coefficient (Wildman–Crippen LogP) is 7.40. The Morgan fingerprint density at radius 1 is 0.371 bits per heavy atom. The molecule has 12 rings (SSSR count). The molecule has 11 heteroatoms. The minimum absolute atomic E-state index is 0.0942. The number of para-hydroxylation sites is 3. The third-order valence-corrected chi connectivity index (χ3v) is 12.0. The van der Waals surface area contributed by atoms with Crippen LogP contribution in [-0.4, -0.2) is 58.8 Å². The summed E-state index contributed by atoms with van der Waals surface area (Å²) in [6, 6.07) is 51.5. The molecule has 0 atom stereocenters. The van der Waals surface area contributed by atoms with E-state index in [1.165, 1.54) is 10.8 Å². The maximum Gasteiger partial charge on any atom is 0.164 e. The second kappa shape index (κ2) is 13.8. The molecule has 0 bridgehead atoms. The van der Waals surface area contributed by atoms with Crippen molar-refractivity contribution in [1.29, 1.82) is 0 Å². The number of benzene rings is 8. The Bertz CT molecular complexity index is 3810. The van der Waals surface area contributed by atoms with Crippen LogP contribution in [-0.2, 0) is 0 Å². The SMILES string of the molecule is [B]c1c([B])c([B])c(-c2nc(-c3ccc4c(c3)oc3ccccc34)nc(-c3cccc4oc5ccc(-c6ccc7c8ccccc8n(-c8ccccc8)c7c6)cc5c34)n2)c([B])c1[B]. The maximum atomic E-state index is 6.63. The Balaban J connectivity index is 1.07. The molecular weight excluding hydrogens is 755 g/mol. The van der Waals surface area contributed by atoms with Crippen molar-refractivity contribution in [3.8, 4) is 51.0 Å². The summed E-state index contributed by atoms with van der Waals surface area (Å²) >= 11 is 0. The zero-order valence-corrected chi connectivity index (χ0v) is 32.9. The van der Waals surface area contributed by atoms with E-state index in [0.717, 1.165) is 55.0 Å². The van der Waals surface area contributed by atoms with Gasteiger partial charge in [-0.05, 0) is 71.8 Å². The van der Waals surface area contributed by atoms with E-state index >= 15 is 0 Å². The average molecular weight is 780 g/mol. The number of hydrogen-bond donors (Lipinski definition) is 0. The fourth-order valence-corrected chi connectivity index (χ4v) is 8.89. The Morgan fingerprint density at radius 2 is 0.952 bits per heavy atom. The highest BCUT2D eigenvalue weighted by molar-refractivity contribution is 6.68. The molecule has 0 saturated carbocycles. The van der Waals surface area contributed by atoms with E-state index in [1.807, 2.05) is 72.8 Å². The Kier molecular flexibility index (Phi) is 8.07. The van der Waals surface area contributed by atoms with Crippen LogP contribution in [0.25, 0.3) is 117 Å². The van der Waals surface area contributed by atoms with Gasteiger partial charge in [-0.25, -0.2) is 15.0 Å². The van der Waals surface area contributed by atoms with Gasteiger partial charge in [-0.15, -0.1) is 16.4 Å². The number of fused-ring (bicyclic) bond motifs is 9. The largest absolute Gasteiger partial charge is 0.456 e. The van der Waals surface area contributed by atoms with Crippen LogP contribution >= 0.6 is 0 Å². The molecule has 0 aliphatic heterocycles. The summed E-state index contributed by atoms with van der Waals surface area (Å²) in [5.41, 5.74) is 10.5. The molecule has 0 unspecified atom stereocenters. The Morgan fingerprint density at radius 3 is 1.79 bits per heavy atom. The predicted molar refractivity (Wildman–Crippen MR) is 257 cm³/mol. The molecule has 6 nitrogen and oxygen atoms in total. The van der Waals surface area contributed by atoms with Crippen molar-refractivity contribution in [1.82, 2.24) is 19.5 Å². The van der Waals surface area contributed by atoms with E-state index in [9.17, 15) is 0 Å². The van der Waals surface area contributed by atoms with E-state index in [4.69, 9.17) is 63.0 Å². The molecule has 0 fully saturated rings. The quantitative estimate of drug-likeness (QED) is 0.171. The summed E-state index contributed by atoms with van der Waals surface area (Å²) in [7, 11) is 32.2. The van der Waals surface area contributed by atoms with E-state index in [1.54, 1.807) is 0 Å². The zero-order valence-electron chi connectivity index (χ0n) is 32.9. The first-order valence-corrected chi connectivity index (χ1v) is 20.0. The lowest BCUT2D eigenvalue weighted by Gasteiger charge is -2.20. The third kappa shape index (κ3) is 5.47. The average Bonchev–Trinajstić information content (AvgIpc) is 3.99. The summed E-state index contributed by atoms with van der Waals surface area (Å²) in [6.07, 6.45) is 0. The zero-order chi connectivity index (χ0) is 41.8. The molecule has 8 aromatic carbocycles. The van der Waals surface area contributed by atoms with Gasteiger partial charge in [0.15, 0.2) is 17.5 Å². The molecule has 10 radical (unpaired) electrons. The molecule has 0 N–H and O–H groups in total. The van der Waals surface area contributed by atoms with Crippen molar-refractivity contribution in [3.05, 3.63) is 152 Å². The molecular formula is C51H25B5N4O2. The lowest BCUT2D eigenvalue weighted by molar-refractivity contribution is 0.668. The highest BCUT2D eigenvalue weighted by atomic mass is 16.3. The normalized spacial score (nSPS) is 11.9. The van der Waals surface area contributed by atoms with Gasteiger partial charge in [-0.3, -0.25) is 0 Å². The lowest BCUT2D eigenvalue weighted by Crippen LogP contribution is -2.55. The van der Waals surface area contributed by atoms with Crippen LogP contribution in [0.15, 0.2) is 160 Å². The molecule has 4 aromatic heterocycles. The summed E-state index contributed by atoms with van der Waals surface area (Å²) in [5, 5.41) is 6.08. The Labute approximate surface area is 361 Å². The fourth-order valence-electron chi connectivity index (χ4n) is 8.89. The van der Waals surface area contributed by atoms with Crippen molar-refractivity contribution in [3.63, 3.8) is 0 Å². The van der Waals surface area contributed by atoms with E-state index in [2.05, 4.69) is 83.4 Å². The second-order valence-corrected chi connectivity index (χ2v) is 15.5. The van der Waals surface area contributed by atoms with Crippen LogP contribution in [0.5, 0.6) is 0 Å². The molecule has 62 heavy (non-hydrogen) atoms. The fraction of sp³-hybridized carbons (Fsp3) is 0. The minimum atomic E-state index is 0.0942. The topological polar surface area (TPSA) is 69.9 Å². The van der Waals surface area contributed by atoms with Gasteiger partial charge < -0.3 is 13.4 Å². The standard InChI is InChI=1S/C51H25B5N4O2/c52-44-43(45(53)47(55)48(56)46(44)54)51-58-49(28-18-21-33-32-12-5-7-15-38(32)62-41(33)25-28)57-50(59-51)34-13-8-16-40-42(34)35-23-26(19-22-39(35)61-40)27-17-20-31-30-11-4-6-14-36(30)60(37(31)24-27)29-9-2-1-3-10-29/h1-25H. The van der Waals surface area contributed by atoms with Crippen LogP contribution in [0, 0.1) is 0 Å². The van der Waals surface area contributed by atoms with Crippen molar-refractivity contribution >= 4 is 132 Å². The molecule has 0 amide bonds. The second-order valence-electron chi connectivity index (χ2n) is 15.5. The van der Waals surface area contributed by atoms with Gasteiger partial charge in [0.2, 0.25) is 0 Å². The van der Waals surface area contributed by atoms with Crippen molar-refractivity contribution in [2.24, 2.45) is 0 Å². The van der Waals surface area contributed by atoms with E-state index < -0.39 is 0 Å². The van der Waals surface area contributed by atoms with Gasteiger partial charge in [-0.1, -0.05) is 102 Å². The first-order valence-electron chi connectivity index (χ1n) is 20.0. The lowest BCUT2D eigenvalue weighted by atomic mass is 9.60. The Hall–Kier alpha value is -7.51. The smallest absolute Gasteiger partial charge is 0.164 e. The van der Waals surface area contributed by atoms with Crippen LogP contribution in [0.2, 0.25) is 0 Å². The number of nitrogens with zero attached hydrogens (tertiary/aromatic N) is 4. The van der Waals surface area contributed by atoms with E-state index in [-0.39, 0.29) is 38.7 Å². The summed E-state index contributed by atoms with van der Waals surface area (Å²) in [6.45, 7) is 0. The van der Waals surface area contributed by atoms with Gasteiger partial charge >= 0.3 is 0 Å². The molecule has 0 aliphatic rings. The number of rotatable bonds is 5. The van der Waals surface area contributed by atoms with Gasteiger partial charge in [0, 0.05) is 54.7 Å². The van der Waals surface area contributed by atoms with Crippen LogP contribution in [0.4, 0.5) is 0 Å². The summed E-state index contributed by atoms with van der Waals surface area (Å²) in [5.74, 6) is 0.887. The highest BCUT2D eigenvalue weighted by Crippen LogP contribution is 2.40. The third-order valence-electron chi connectivity index (χ3n) is 12.0. The van der Waals surface area contributed by atoms with Crippen molar-refractivity contribution < 1.29 is 8.83 Å². The van der Waals surface area contributed by atoms with Gasteiger partial charge in [-0.2, -0.15) is 0 Å². The maximum absolute atomic E-state index is 6.63. The van der Waals surface area contributed by atoms with Crippen molar-refractivity contribution in [2.75, 3.05) is 0 Å². The minimum Gasteiger partial charge on any atom is -0.456 e. The number of hydrogen-bond acceptors (Lipinski definition) is 5. The first-order chi connectivity index (χ1) is 30.3. The van der Waals surface area contributed by atoms with Gasteiger partial charge in [0.25, 0.3) is 0 Å². The molecule has 4 heterocycles. The molecule has 0 aliphatic carbocycles. The van der Waals surface area contributed by atoms with Crippen molar-refractivity contribution in [2.45, 2.75) is 0 Å². The molecule has 0 saturated heterocycles.